The number of carbonyl (C=O) groups excluding carboxylic acids is 2. The molecule has 3 aliphatic rings. The zero-order valence-corrected chi connectivity index (χ0v) is 22.4. The summed E-state index contributed by atoms with van der Waals surface area (Å²) in [5, 5.41) is 6.17. The van der Waals surface area contributed by atoms with Crippen LogP contribution in [0.1, 0.15) is 65.6 Å². The van der Waals surface area contributed by atoms with Gasteiger partial charge in [0.15, 0.2) is 0 Å². The highest BCUT2D eigenvalue weighted by Crippen LogP contribution is 2.38. The van der Waals surface area contributed by atoms with Crippen molar-refractivity contribution in [1.29, 1.82) is 0 Å². The van der Waals surface area contributed by atoms with Gasteiger partial charge in [-0.15, -0.1) is 0 Å². The molecule has 0 radical (unpaired) electrons. The van der Waals surface area contributed by atoms with Crippen LogP contribution in [0.5, 0.6) is 5.75 Å². The van der Waals surface area contributed by atoms with Crippen molar-refractivity contribution in [2.45, 2.75) is 83.1 Å². The molecule has 4 N–H and O–H groups in total. The number of benzene rings is 1. The van der Waals surface area contributed by atoms with E-state index in [-0.39, 0.29) is 29.7 Å². The van der Waals surface area contributed by atoms with Crippen molar-refractivity contribution in [2.24, 2.45) is 0 Å². The molecule has 0 saturated carbocycles. The first kappa shape index (κ1) is 25.0. The van der Waals surface area contributed by atoms with Crippen molar-refractivity contribution in [3.63, 3.8) is 0 Å². The van der Waals surface area contributed by atoms with Crippen LogP contribution in [0.3, 0.4) is 0 Å². The molecule has 0 spiro atoms. The molecule has 2 aromatic rings. The van der Waals surface area contributed by atoms with E-state index < -0.39 is 0 Å². The summed E-state index contributed by atoms with van der Waals surface area (Å²) >= 11 is 3.37. The lowest BCUT2D eigenvalue weighted by Gasteiger charge is -2.39. The van der Waals surface area contributed by atoms with Crippen molar-refractivity contribution in [3.05, 3.63) is 51.1 Å². The lowest BCUT2D eigenvalue weighted by molar-refractivity contribution is -0.119. The van der Waals surface area contributed by atoms with Crippen molar-refractivity contribution in [2.75, 3.05) is 12.3 Å². The molecule has 9 heteroatoms. The van der Waals surface area contributed by atoms with E-state index in [0.717, 1.165) is 54.4 Å². The number of halogens is 1. The van der Waals surface area contributed by atoms with E-state index in [9.17, 15) is 9.59 Å². The number of piperidine rings is 1. The summed E-state index contributed by atoms with van der Waals surface area (Å²) < 4.78 is 6.81. The van der Waals surface area contributed by atoms with Gasteiger partial charge in [0.1, 0.15) is 18.2 Å². The van der Waals surface area contributed by atoms with Crippen LogP contribution >= 0.6 is 15.9 Å². The Morgan fingerprint density at radius 3 is 2.67 bits per heavy atom. The molecular formula is C27H34BrN5O3. The minimum absolute atomic E-state index is 0.102. The summed E-state index contributed by atoms with van der Waals surface area (Å²) in [6.45, 7) is 5.70. The Morgan fingerprint density at radius 1 is 1.22 bits per heavy atom. The minimum Gasteiger partial charge on any atom is -0.491 e. The molecule has 1 aromatic carbocycles. The first-order chi connectivity index (χ1) is 17.3. The number of amides is 2. The molecule has 192 valence electrons. The van der Waals surface area contributed by atoms with Crippen LogP contribution in [0.25, 0.3) is 0 Å². The Bertz CT molecular complexity index is 1160. The molecule has 2 bridgehead atoms. The highest BCUT2D eigenvalue weighted by molar-refractivity contribution is 9.10. The molecule has 3 aliphatic heterocycles. The number of rotatable bonds is 7. The Hall–Kier alpha value is -2.65. The van der Waals surface area contributed by atoms with Crippen molar-refractivity contribution < 1.29 is 14.3 Å². The Kier molecular flexibility index (Phi) is 7.21. The van der Waals surface area contributed by atoms with Gasteiger partial charge < -0.3 is 21.1 Å². The number of hydrogen-bond donors (Lipinski definition) is 3. The van der Waals surface area contributed by atoms with Crippen LogP contribution in [0, 0.1) is 13.8 Å². The quantitative estimate of drug-likeness (QED) is 0.481. The summed E-state index contributed by atoms with van der Waals surface area (Å²) in [4.78, 5) is 31.0. The maximum Gasteiger partial charge on any atom is 0.255 e. The normalized spacial score (nSPS) is 25.6. The second-order valence-corrected chi connectivity index (χ2v) is 11.3. The highest BCUT2D eigenvalue weighted by atomic mass is 79.9. The van der Waals surface area contributed by atoms with Gasteiger partial charge in [-0.25, -0.2) is 4.98 Å². The number of nitrogen functional groups attached to an aromatic ring is 1. The molecule has 3 fully saturated rings. The van der Waals surface area contributed by atoms with Gasteiger partial charge in [-0.05, 0) is 90.7 Å². The molecule has 0 aliphatic carbocycles. The monoisotopic (exact) mass is 555 g/mol. The van der Waals surface area contributed by atoms with E-state index in [4.69, 9.17) is 10.5 Å². The van der Waals surface area contributed by atoms with Crippen LogP contribution in [-0.4, -0.2) is 52.5 Å². The third kappa shape index (κ3) is 5.22. The second kappa shape index (κ2) is 10.4. The number of carbonyl (C=O) groups is 2. The first-order valence-electron chi connectivity index (χ1n) is 12.8. The van der Waals surface area contributed by atoms with Crippen molar-refractivity contribution >= 4 is 33.6 Å². The predicted molar refractivity (Wildman–Crippen MR) is 142 cm³/mol. The van der Waals surface area contributed by atoms with Crippen LogP contribution < -0.4 is 21.1 Å². The number of nitrogens with one attached hydrogen (secondary N) is 2. The van der Waals surface area contributed by atoms with E-state index in [0.29, 0.717) is 30.7 Å². The molecule has 2 amide bonds. The molecule has 8 nitrogen and oxygen atoms in total. The van der Waals surface area contributed by atoms with Crippen LogP contribution in [0.15, 0.2) is 28.9 Å². The smallest absolute Gasteiger partial charge is 0.255 e. The topological polar surface area (TPSA) is 110 Å². The Balaban J connectivity index is 1.20. The van der Waals surface area contributed by atoms with E-state index >= 15 is 0 Å². The minimum atomic E-state index is -0.154. The molecule has 1 aromatic heterocycles. The average Bonchev–Trinajstić information content (AvgIpc) is 3.36. The van der Waals surface area contributed by atoms with Gasteiger partial charge in [0.25, 0.3) is 5.91 Å². The number of aromatic nitrogens is 1. The van der Waals surface area contributed by atoms with E-state index in [1.54, 1.807) is 12.3 Å². The zero-order valence-electron chi connectivity index (χ0n) is 20.9. The largest absolute Gasteiger partial charge is 0.491 e. The van der Waals surface area contributed by atoms with Crippen LogP contribution in [-0.2, 0) is 11.3 Å². The third-order valence-corrected chi connectivity index (χ3v) is 8.51. The Morgan fingerprint density at radius 2 is 1.97 bits per heavy atom. The van der Waals surface area contributed by atoms with Gasteiger partial charge in [-0.1, -0.05) is 6.07 Å². The summed E-state index contributed by atoms with van der Waals surface area (Å²) in [5.41, 5.74) is 10.1. The van der Waals surface area contributed by atoms with Gasteiger partial charge in [-0.2, -0.15) is 0 Å². The molecule has 4 heterocycles. The third-order valence-electron chi connectivity index (χ3n) is 8.08. The number of nitrogens with zero attached hydrogens (tertiary/aromatic N) is 2. The van der Waals surface area contributed by atoms with E-state index in [2.05, 4.69) is 62.4 Å². The summed E-state index contributed by atoms with van der Waals surface area (Å²) in [7, 11) is 0. The summed E-state index contributed by atoms with van der Waals surface area (Å²) in [6, 6.07) is 7.12. The standard InChI is InChI=1S/C27H34BrN5O3/c1-15-16(2)24(36-14-19-4-8-25(34)31-19)7-3-17(15)13-33-21-5-6-22(33)11-20(10-21)32-27(35)23-9-18(28)12-30-26(23)29/h3,7,9,12,19-22H,4-6,8,10-11,13-14H2,1-2H3,(H2,29,30)(H,31,34)(H,32,35)/t19-,20?,21?,22?/m1/s1. The van der Waals surface area contributed by atoms with Crippen LogP contribution in [0.4, 0.5) is 5.82 Å². The van der Waals surface area contributed by atoms with Crippen molar-refractivity contribution in [1.82, 2.24) is 20.5 Å². The first-order valence-corrected chi connectivity index (χ1v) is 13.6. The fourth-order valence-corrected chi connectivity index (χ4v) is 6.25. The Labute approximate surface area is 220 Å². The summed E-state index contributed by atoms with van der Waals surface area (Å²) in [5.74, 6) is 1.10. The lowest BCUT2D eigenvalue weighted by Crippen LogP contribution is -2.50. The second-order valence-electron chi connectivity index (χ2n) is 10.4. The van der Waals surface area contributed by atoms with Gasteiger partial charge in [0.2, 0.25) is 5.91 Å². The van der Waals surface area contributed by atoms with E-state index in [1.165, 1.54) is 11.1 Å². The predicted octanol–water partition coefficient (Wildman–Crippen LogP) is 3.63. The molecule has 5 rings (SSSR count). The number of anilines is 1. The molecular weight excluding hydrogens is 522 g/mol. The average molecular weight is 557 g/mol. The maximum absolute atomic E-state index is 12.9. The summed E-state index contributed by atoms with van der Waals surface area (Å²) in [6.07, 6.45) is 7.21. The van der Waals surface area contributed by atoms with Gasteiger partial charge in [0, 0.05) is 41.8 Å². The molecule has 3 saturated heterocycles. The van der Waals surface area contributed by atoms with Gasteiger partial charge >= 0.3 is 0 Å². The van der Waals surface area contributed by atoms with Crippen LogP contribution in [0.2, 0.25) is 0 Å². The SMILES string of the molecule is Cc1c(CN2C3CCC2CC(NC(=O)c2cc(Br)cnc2N)C3)ccc(OC[C@H]2CCC(=O)N2)c1C. The number of pyridine rings is 1. The number of nitrogens with two attached hydrogens (primary N) is 1. The lowest BCUT2D eigenvalue weighted by atomic mass is 9.95. The van der Waals surface area contributed by atoms with E-state index in [1.807, 2.05) is 0 Å². The molecule has 3 atom stereocenters. The van der Waals surface area contributed by atoms with Gasteiger partial charge in [0.05, 0.1) is 11.6 Å². The number of fused-ring (bicyclic) bond motifs is 2. The molecule has 36 heavy (non-hydrogen) atoms. The fraction of sp³-hybridized carbons (Fsp3) is 0.519. The number of ether oxygens (including phenoxy) is 1. The van der Waals surface area contributed by atoms with Gasteiger partial charge in [-0.3, -0.25) is 14.5 Å². The van der Waals surface area contributed by atoms with Crippen molar-refractivity contribution in [3.8, 4) is 5.75 Å². The maximum atomic E-state index is 12.9. The molecule has 2 unspecified atom stereocenters. The fourth-order valence-electron chi connectivity index (χ4n) is 5.91. The number of hydrogen-bond acceptors (Lipinski definition) is 6. The highest BCUT2D eigenvalue weighted by Gasteiger charge is 2.41. The zero-order chi connectivity index (χ0) is 25.4.